The molecule has 2 rings (SSSR count). The van der Waals surface area contributed by atoms with Crippen molar-refractivity contribution in [1.29, 1.82) is 0 Å². The first kappa shape index (κ1) is 19.7. The van der Waals surface area contributed by atoms with E-state index in [0.29, 0.717) is 18.9 Å². The summed E-state index contributed by atoms with van der Waals surface area (Å²) in [6.07, 6.45) is 0.686. The van der Waals surface area contributed by atoms with Gasteiger partial charge in [0.25, 0.3) is 0 Å². The number of rotatable bonds is 5. The number of amides is 1. The lowest BCUT2D eigenvalue weighted by atomic mass is 10.0. The lowest BCUT2D eigenvalue weighted by molar-refractivity contribution is -0.122. The Balaban J connectivity index is 0.00000200. The van der Waals surface area contributed by atoms with Gasteiger partial charge in [-0.25, -0.2) is 4.98 Å². The molecule has 0 spiro atoms. The quantitative estimate of drug-likeness (QED) is 0.786. The van der Waals surface area contributed by atoms with Crippen LogP contribution in [0, 0.1) is 5.92 Å². The molecule has 1 aromatic heterocycles. The Bertz CT molecular complexity index is 538. The fourth-order valence-electron chi connectivity index (χ4n) is 2.01. The van der Waals surface area contributed by atoms with Crippen molar-refractivity contribution in [1.82, 2.24) is 15.3 Å². The summed E-state index contributed by atoms with van der Waals surface area (Å²) in [5, 5.41) is 2.81. The molecule has 7 heteroatoms. The Morgan fingerprint density at radius 1 is 1.33 bits per heavy atom. The highest BCUT2D eigenvalue weighted by Crippen LogP contribution is 2.10. The molecule has 0 unspecified atom stereocenters. The fraction of sp³-hybridized carbons (Fsp3) is 0.429. The van der Waals surface area contributed by atoms with Crippen molar-refractivity contribution in [2.24, 2.45) is 11.7 Å². The van der Waals surface area contributed by atoms with E-state index in [1.807, 2.05) is 38.1 Å². The Morgan fingerprint density at radius 3 is 2.62 bits per heavy atom. The van der Waals surface area contributed by atoms with Gasteiger partial charge in [0.1, 0.15) is 5.82 Å². The van der Waals surface area contributed by atoms with Gasteiger partial charge < -0.3 is 16.0 Å². The number of para-hydroxylation sites is 2. The van der Waals surface area contributed by atoms with Gasteiger partial charge in [0.05, 0.1) is 23.6 Å². The van der Waals surface area contributed by atoms with Gasteiger partial charge >= 0.3 is 0 Å². The summed E-state index contributed by atoms with van der Waals surface area (Å²) in [7, 11) is 0. The van der Waals surface area contributed by atoms with Gasteiger partial charge in [-0.05, 0) is 24.5 Å². The molecule has 0 aliphatic carbocycles. The molecule has 0 aliphatic rings. The van der Waals surface area contributed by atoms with Gasteiger partial charge in [0.2, 0.25) is 5.91 Å². The molecule has 5 nitrogen and oxygen atoms in total. The Hall–Kier alpha value is -1.30. The molecule has 0 aliphatic heterocycles. The second-order valence-corrected chi connectivity index (χ2v) is 5.15. The van der Waals surface area contributed by atoms with E-state index in [-0.39, 0.29) is 30.7 Å². The topological polar surface area (TPSA) is 83.8 Å². The molecule has 0 saturated carbocycles. The van der Waals surface area contributed by atoms with Crippen LogP contribution >= 0.6 is 24.8 Å². The predicted molar refractivity (Wildman–Crippen MR) is 89.9 cm³/mol. The first-order valence-corrected chi connectivity index (χ1v) is 6.53. The van der Waals surface area contributed by atoms with Gasteiger partial charge in [0.15, 0.2) is 0 Å². The number of nitrogens with one attached hydrogen (secondary N) is 2. The van der Waals surface area contributed by atoms with Crippen LogP contribution in [0.1, 0.15) is 26.1 Å². The molecule has 4 N–H and O–H groups in total. The first-order valence-electron chi connectivity index (χ1n) is 6.53. The maximum Gasteiger partial charge on any atom is 0.237 e. The van der Waals surface area contributed by atoms with Crippen molar-refractivity contribution in [2.75, 3.05) is 0 Å². The first-order chi connectivity index (χ1) is 9.06. The smallest absolute Gasteiger partial charge is 0.237 e. The van der Waals surface area contributed by atoms with Crippen LogP contribution in [0.5, 0.6) is 0 Å². The standard InChI is InChI=1S/C14H20N4O.2ClH/c1-9(2)7-10(15)14(19)16-8-13-17-11-5-3-4-6-12(11)18-13;;/h3-6,9-10H,7-8,15H2,1-2H3,(H,16,19)(H,17,18);2*1H/t10-;;/m0../s1. The van der Waals surface area contributed by atoms with E-state index in [4.69, 9.17) is 5.73 Å². The number of fused-ring (bicyclic) bond motifs is 1. The minimum Gasteiger partial charge on any atom is -0.348 e. The Kier molecular flexibility index (Phi) is 8.32. The molecule has 1 aromatic carbocycles. The molecule has 0 saturated heterocycles. The third-order valence-electron chi connectivity index (χ3n) is 2.93. The van der Waals surface area contributed by atoms with Gasteiger partial charge in [-0.1, -0.05) is 26.0 Å². The van der Waals surface area contributed by atoms with Crippen LogP contribution in [0.25, 0.3) is 11.0 Å². The largest absolute Gasteiger partial charge is 0.348 e. The molecule has 0 fully saturated rings. The number of hydrogen-bond acceptors (Lipinski definition) is 3. The van der Waals surface area contributed by atoms with Crippen molar-refractivity contribution in [2.45, 2.75) is 32.9 Å². The van der Waals surface area contributed by atoms with Gasteiger partial charge in [-0.3, -0.25) is 4.79 Å². The zero-order chi connectivity index (χ0) is 13.8. The maximum atomic E-state index is 11.8. The van der Waals surface area contributed by atoms with E-state index in [0.717, 1.165) is 16.9 Å². The SMILES string of the molecule is CC(C)C[C@H](N)C(=O)NCc1nc2ccccc2[nH]1.Cl.Cl. The van der Waals surface area contributed by atoms with E-state index in [1.165, 1.54) is 0 Å². The van der Waals surface area contributed by atoms with Gasteiger partial charge in [-0.15, -0.1) is 24.8 Å². The number of aromatic amines is 1. The summed E-state index contributed by atoms with van der Waals surface area (Å²) in [6, 6.07) is 7.31. The molecular weight excluding hydrogens is 311 g/mol. The number of halogens is 2. The number of hydrogen-bond donors (Lipinski definition) is 3. The highest BCUT2D eigenvalue weighted by Gasteiger charge is 2.14. The number of nitrogens with zero attached hydrogens (tertiary/aromatic N) is 1. The van der Waals surface area contributed by atoms with Crippen molar-refractivity contribution in [3.8, 4) is 0 Å². The summed E-state index contributed by atoms with van der Waals surface area (Å²) >= 11 is 0. The summed E-state index contributed by atoms with van der Waals surface area (Å²) in [6.45, 7) is 4.47. The molecule has 21 heavy (non-hydrogen) atoms. The molecule has 1 amide bonds. The Labute approximate surface area is 136 Å². The average Bonchev–Trinajstić information content (AvgIpc) is 2.77. The van der Waals surface area contributed by atoms with Crippen LogP contribution in [-0.2, 0) is 11.3 Å². The summed E-state index contributed by atoms with van der Waals surface area (Å²) in [4.78, 5) is 19.3. The molecule has 2 aromatic rings. The number of imidazole rings is 1. The molecule has 1 heterocycles. The van der Waals surface area contributed by atoms with Crippen LogP contribution in [-0.4, -0.2) is 21.9 Å². The van der Waals surface area contributed by atoms with Crippen molar-refractivity contribution in [3.63, 3.8) is 0 Å². The minimum atomic E-state index is -0.454. The van der Waals surface area contributed by atoms with Gasteiger partial charge in [-0.2, -0.15) is 0 Å². The minimum absolute atomic E-state index is 0. The van der Waals surface area contributed by atoms with Crippen molar-refractivity contribution < 1.29 is 4.79 Å². The zero-order valence-electron chi connectivity index (χ0n) is 12.1. The highest BCUT2D eigenvalue weighted by molar-refractivity contribution is 5.85. The van der Waals surface area contributed by atoms with Gasteiger partial charge in [0, 0.05) is 0 Å². The lowest BCUT2D eigenvalue weighted by Gasteiger charge is -2.13. The van der Waals surface area contributed by atoms with E-state index in [2.05, 4.69) is 15.3 Å². The number of carbonyl (C=O) groups excluding carboxylic acids is 1. The number of H-pyrrole nitrogens is 1. The summed E-state index contributed by atoms with van der Waals surface area (Å²) < 4.78 is 0. The van der Waals surface area contributed by atoms with Crippen LogP contribution in [0.2, 0.25) is 0 Å². The monoisotopic (exact) mass is 332 g/mol. The number of aromatic nitrogens is 2. The second kappa shape index (κ2) is 8.87. The number of carbonyl (C=O) groups is 1. The van der Waals surface area contributed by atoms with Crippen LogP contribution in [0.4, 0.5) is 0 Å². The third-order valence-corrected chi connectivity index (χ3v) is 2.93. The predicted octanol–water partition coefficient (Wildman–Crippen LogP) is 2.40. The van der Waals surface area contributed by atoms with E-state index < -0.39 is 6.04 Å². The lowest BCUT2D eigenvalue weighted by Crippen LogP contribution is -2.41. The number of nitrogens with two attached hydrogens (primary N) is 1. The maximum absolute atomic E-state index is 11.8. The summed E-state index contributed by atoms with van der Waals surface area (Å²) in [5.74, 6) is 1.02. The van der Waals surface area contributed by atoms with E-state index in [9.17, 15) is 4.79 Å². The average molecular weight is 333 g/mol. The second-order valence-electron chi connectivity index (χ2n) is 5.15. The van der Waals surface area contributed by atoms with Crippen LogP contribution in [0.3, 0.4) is 0 Å². The molecule has 0 radical (unpaired) electrons. The highest BCUT2D eigenvalue weighted by atomic mass is 35.5. The Morgan fingerprint density at radius 2 is 2.00 bits per heavy atom. The van der Waals surface area contributed by atoms with Crippen LogP contribution < -0.4 is 11.1 Å². The normalized spacial score (nSPS) is 11.6. The summed E-state index contributed by atoms with van der Waals surface area (Å²) in [5.41, 5.74) is 7.69. The molecular formula is C14H22Cl2N4O. The van der Waals surface area contributed by atoms with Crippen molar-refractivity contribution in [3.05, 3.63) is 30.1 Å². The third kappa shape index (κ3) is 5.53. The molecule has 1 atom stereocenters. The molecule has 118 valence electrons. The molecule has 0 bridgehead atoms. The van der Waals surface area contributed by atoms with Crippen molar-refractivity contribution >= 4 is 41.8 Å². The fourth-order valence-corrected chi connectivity index (χ4v) is 2.01. The van der Waals surface area contributed by atoms with E-state index >= 15 is 0 Å². The van der Waals surface area contributed by atoms with E-state index in [1.54, 1.807) is 0 Å². The zero-order valence-corrected chi connectivity index (χ0v) is 13.8. The van der Waals surface area contributed by atoms with Crippen LogP contribution in [0.15, 0.2) is 24.3 Å². The number of benzene rings is 1.